The molecule has 0 atom stereocenters. The quantitative estimate of drug-likeness (QED) is 0.823. The lowest BCUT2D eigenvalue weighted by molar-refractivity contribution is 0.178. The summed E-state index contributed by atoms with van der Waals surface area (Å²) in [6.07, 6.45) is 4.31. The molecule has 1 saturated carbocycles. The zero-order chi connectivity index (χ0) is 14.7. The summed E-state index contributed by atoms with van der Waals surface area (Å²) in [7, 11) is 2.04. The number of benzene rings is 1. The van der Waals surface area contributed by atoms with Crippen molar-refractivity contribution in [3.8, 4) is 0 Å². The molecule has 0 radical (unpaired) electrons. The maximum Gasteiger partial charge on any atom is 0.0349 e. The van der Waals surface area contributed by atoms with E-state index in [2.05, 4.69) is 41.4 Å². The molecule has 21 heavy (non-hydrogen) atoms. The highest BCUT2D eigenvalue weighted by Gasteiger charge is 2.21. The van der Waals surface area contributed by atoms with Gasteiger partial charge in [-0.15, -0.1) is 11.3 Å². The number of nitrogens with one attached hydrogen (secondary N) is 1. The van der Waals surface area contributed by atoms with Crippen molar-refractivity contribution in [2.24, 2.45) is 5.92 Å². The zero-order valence-electron chi connectivity index (χ0n) is 13.2. The van der Waals surface area contributed by atoms with E-state index in [4.69, 9.17) is 0 Å². The topological polar surface area (TPSA) is 15.3 Å². The van der Waals surface area contributed by atoms with E-state index < -0.39 is 0 Å². The molecule has 1 fully saturated rings. The molecule has 1 N–H and O–H groups in total. The summed E-state index contributed by atoms with van der Waals surface area (Å²) < 4.78 is 1.43. The average Bonchev–Trinajstić information content (AvgIpc) is 2.79. The van der Waals surface area contributed by atoms with Gasteiger partial charge >= 0.3 is 0 Å². The summed E-state index contributed by atoms with van der Waals surface area (Å²) in [5, 5.41) is 4.79. The largest absolute Gasteiger partial charge is 0.315 e. The van der Waals surface area contributed by atoms with Crippen molar-refractivity contribution >= 4 is 21.4 Å². The second kappa shape index (κ2) is 6.91. The summed E-state index contributed by atoms with van der Waals surface area (Å²) in [6, 6.07) is 8.87. The van der Waals surface area contributed by atoms with Crippen LogP contribution in [-0.4, -0.2) is 25.0 Å². The Balaban J connectivity index is 1.84. The van der Waals surface area contributed by atoms with Crippen molar-refractivity contribution in [2.45, 2.75) is 39.3 Å². The number of thiophene rings is 1. The first-order valence-corrected chi connectivity index (χ1v) is 8.99. The molecule has 2 nitrogen and oxygen atoms in total. The third kappa shape index (κ3) is 3.31. The lowest BCUT2D eigenvalue weighted by Crippen LogP contribution is -2.32. The van der Waals surface area contributed by atoms with Crippen molar-refractivity contribution in [1.29, 1.82) is 0 Å². The van der Waals surface area contributed by atoms with Crippen molar-refractivity contribution in [3.63, 3.8) is 0 Å². The molecule has 1 aromatic heterocycles. The highest BCUT2D eigenvalue weighted by atomic mass is 32.1. The fourth-order valence-corrected chi connectivity index (χ4v) is 4.42. The Morgan fingerprint density at radius 2 is 2.10 bits per heavy atom. The highest BCUT2D eigenvalue weighted by molar-refractivity contribution is 7.19. The highest BCUT2D eigenvalue weighted by Crippen LogP contribution is 2.33. The molecule has 0 unspecified atom stereocenters. The third-order valence-corrected chi connectivity index (χ3v) is 5.90. The Labute approximate surface area is 132 Å². The van der Waals surface area contributed by atoms with Crippen molar-refractivity contribution in [1.82, 2.24) is 10.2 Å². The molecule has 2 aromatic rings. The molecule has 0 amide bonds. The predicted molar refractivity (Wildman–Crippen MR) is 92.9 cm³/mol. The maximum atomic E-state index is 3.33. The molecule has 3 heteroatoms. The fraction of sp³-hybridized carbons (Fsp3) is 0.556. The molecule has 3 rings (SSSR count). The molecule has 0 aliphatic heterocycles. The van der Waals surface area contributed by atoms with Gasteiger partial charge in [0, 0.05) is 29.2 Å². The minimum atomic E-state index is 0.947. The van der Waals surface area contributed by atoms with Crippen molar-refractivity contribution in [3.05, 3.63) is 34.7 Å². The van der Waals surface area contributed by atoms with Gasteiger partial charge in [-0.2, -0.15) is 0 Å². The predicted octanol–water partition coefficient (Wildman–Crippen LogP) is 4.24. The maximum absolute atomic E-state index is 3.33. The van der Waals surface area contributed by atoms with Crippen LogP contribution in [0.5, 0.6) is 0 Å². The molecule has 114 valence electrons. The number of rotatable bonds is 7. The van der Waals surface area contributed by atoms with Gasteiger partial charge in [0.05, 0.1) is 0 Å². The van der Waals surface area contributed by atoms with E-state index in [0.717, 1.165) is 25.6 Å². The molecular formula is C18H26N2S. The van der Waals surface area contributed by atoms with E-state index in [1.165, 1.54) is 40.8 Å². The van der Waals surface area contributed by atoms with Crippen LogP contribution >= 0.6 is 11.3 Å². The summed E-state index contributed by atoms with van der Waals surface area (Å²) in [6.45, 7) is 6.81. The van der Waals surface area contributed by atoms with Gasteiger partial charge in [-0.3, -0.25) is 4.90 Å². The lowest BCUT2D eigenvalue weighted by Gasteiger charge is -2.32. The Kier molecular flexibility index (Phi) is 4.94. The summed E-state index contributed by atoms with van der Waals surface area (Å²) in [5.41, 5.74) is 1.55. The van der Waals surface area contributed by atoms with Crippen LogP contribution in [0.25, 0.3) is 10.1 Å². The molecule has 1 heterocycles. The summed E-state index contributed by atoms with van der Waals surface area (Å²) in [5.74, 6) is 0.947. The van der Waals surface area contributed by atoms with E-state index in [1.807, 2.05) is 18.4 Å². The first-order valence-electron chi connectivity index (χ1n) is 8.18. The first-order chi connectivity index (χ1) is 10.3. The third-order valence-electron chi connectivity index (χ3n) is 4.69. The van der Waals surface area contributed by atoms with E-state index in [0.29, 0.717) is 0 Å². The minimum absolute atomic E-state index is 0.947. The lowest BCUT2D eigenvalue weighted by atomic mass is 9.85. The van der Waals surface area contributed by atoms with E-state index >= 15 is 0 Å². The molecule has 1 aromatic carbocycles. The van der Waals surface area contributed by atoms with Gasteiger partial charge in [-0.25, -0.2) is 0 Å². The Morgan fingerprint density at radius 3 is 2.76 bits per heavy atom. The first kappa shape index (κ1) is 15.0. The number of fused-ring (bicyclic) bond motifs is 1. The average molecular weight is 302 g/mol. The van der Waals surface area contributed by atoms with Crippen LogP contribution in [0.2, 0.25) is 0 Å². The van der Waals surface area contributed by atoms with Crippen LogP contribution in [0.4, 0.5) is 0 Å². The summed E-state index contributed by atoms with van der Waals surface area (Å²) >= 11 is 1.95. The number of hydrogen-bond acceptors (Lipinski definition) is 3. The van der Waals surface area contributed by atoms with Crippen LogP contribution < -0.4 is 5.32 Å². The standard InChI is InChI=1S/C18H26N2S/c1-3-20(12-14-7-6-8-14)13-16-15-9-4-5-10-17(15)21-18(16)11-19-2/h4-5,9-10,14,19H,3,6-8,11-13H2,1-2H3. The van der Waals surface area contributed by atoms with E-state index in [9.17, 15) is 0 Å². The van der Waals surface area contributed by atoms with Crippen molar-refractivity contribution < 1.29 is 0 Å². The zero-order valence-corrected chi connectivity index (χ0v) is 14.0. The van der Waals surface area contributed by atoms with Crippen LogP contribution in [-0.2, 0) is 13.1 Å². The van der Waals surface area contributed by atoms with Gasteiger partial charge < -0.3 is 5.32 Å². The molecular weight excluding hydrogens is 276 g/mol. The number of nitrogens with zero attached hydrogens (tertiary/aromatic N) is 1. The molecule has 1 aliphatic rings. The summed E-state index contributed by atoms with van der Waals surface area (Å²) in [4.78, 5) is 4.14. The minimum Gasteiger partial charge on any atom is -0.315 e. The Morgan fingerprint density at radius 1 is 1.29 bits per heavy atom. The van der Waals surface area contributed by atoms with Crippen LogP contribution in [0.3, 0.4) is 0 Å². The Bertz CT molecular complexity index is 586. The van der Waals surface area contributed by atoms with Crippen molar-refractivity contribution in [2.75, 3.05) is 20.1 Å². The van der Waals surface area contributed by atoms with Crippen LogP contribution in [0.15, 0.2) is 24.3 Å². The second-order valence-electron chi connectivity index (χ2n) is 6.15. The molecule has 0 bridgehead atoms. The van der Waals surface area contributed by atoms with Crippen LogP contribution in [0.1, 0.15) is 36.6 Å². The van der Waals surface area contributed by atoms with E-state index in [1.54, 1.807) is 5.56 Å². The fourth-order valence-electron chi connectivity index (χ4n) is 3.20. The second-order valence-corrected chi connectivity index (χ2v) is 7.29. The van der Waals surface area contributed by atoms with Crippen LogP contribution in [0, 0.1) is 5.92 Å². The van der Waals surface area contributed by atoms with Gasteiger partial charge in [0.2, 0.25) is 0 Å². The van der Waals surface area contributed by atoms with Gasteiger partial charge in [0.15, 0.2) is 0 Å². The smallest absolute Gasteiger partial charge is 0.0349 e. The number of hydrogen-bond donors (Lipinski definition) is 1. The molecule has 0 spiro atoms. The SMILES string of the molecule is CCN(Cc1c(CNC)sc2ccccc12)CC1CCC1. The molecule has 0 saturated heterocycles. The molecule has 1 aliphatic carbocycles. The van der Waals surface area contributed by atoms with Gasteiger partial charge in [0.25, 0.3) is 0 Å². The monoisotopic (exact) mass is 302 g/mol. The van der Waals surface area contributed by atoms with Gasteiger partial charge in [0.1, 0.15) is 0 Å². The normalized spacial score (nSPS) is 15.8. The van der Waals surface area contributed by atoms with E-state index in [-0.39, 0.29) is 0 Å². The van der Waals surface area contributed by atoms with Gasteiger partial charge in [-0.05, 0) is 49.4 Å². The Hall–Kier alpha value is -0.900. The van der Waals surface area contributed by atoms with Gasteiger partial charge in [-0.1, -0.05) is 31.5 Å².